The lowest BCUT2D eigenvalue weighted by molar-refractivity contribution is -0.105. The average molecular weight is 436 g/mol. The van der Waals surface area contributed by atoms with Crippen molar-refractivity contribution in [1.29, 1.82) is 0 Å². The Hall–Kier alpha value is -2.90. The monoisotopic (exact) mass is 436 g/mol. The molecule has 1 aliphatic carbocycles. The molecule has 166 valence electrons. The summed E-state index contributed by atoms with van der Waals surface area (Å²) < 4.78 is 27.5. The summed E-state index contributed by atoms with van der Waals surface area (Å²) in [6.45, 7) is 0.249. The van der Waals surface area contributed by atoms with Crippen molar-refractivity contribution >= 4 is 0 Å². The molecule has 7 heteroatoms. The highest BCUT2D eigenvalue weighted by Gasteiger charge is 2.43. The smallest absolute Gasteiger partial charge is 0.231 e. The molecule has 2 N–H and O–H groups in total. The number of aliphatic hydroxyl groups excluding tert-OH is 1. The van der Waals surface area contributed by atoms with Crippen LogP contribution in [0, 0.1) is 5.82 Å². The van der Waals surface area contributed by atoms with Crippen molar-refractivity contribution in [2.24, 2.45) is 0 Å². The summed E-state index contributed by atoms with van der Waals surface area (Å²) in [5, 5.41) is 22.4. The first-order valence-electron chi connectivity index (χ1n) is 11.1. The molecule has 1 fully saturated rings. The molecule has 3 aromatic rings. The van der Waals surface area contributed by atoms with Crippen LogP contribution in [0.15, 0.2) is 48.9 Å². The van der Waals surface area contributed by atoms with E-state index in [9.17, 15) is 14.6 Å². The van der Waals surface area contributed by atoms with E-state index in [2.05, 4.69) is 11.1 Å². The normalized spacial score (nSPS) is 26.6. The summed E-state index contributed by atoms with van der Waals surface area (Å²) >= 11 is 0. The number of rotatable bonds is 4. The van der Waals surface area contributed by atoms with Crippen LogP contribution < -0.4 is 9.47 Å². The number of halogens is 1. The number of imidazole rings is 1. The maximum atomic E-state index is 14.7. The third-order valence-corrected chi connectivity index (χ3v) is 7.45. The number of ether oxygens (including phenoxy) is 2. The van der Waals surface area contributed by atoms with Crippen LogP contribution in [0.5, 0.6) is 11.5 Å². The Morgan fingerprint density at radius 2 is 1.97 bits per heavy atom. The first-order chi connectivity index (χ1) is 15.5. The van der Waals surface area contributed by atoms with Gasteiger partial charge in [0.05, 0.1) is 36.0 Å². The Morgan fingerprint density at radius 1 is 1.16 bits per heavy atom. The fourth-order valence-corrected chi connectivity index (χ4v) is 5.61. The van der Waals surface area contributed by atoms with Crippen molar-refractivity contribution < 1.29 is 24.1 Å². The summed E-state index contributed by atoms with van der Waals surface area (Å²) in [6, 6.07) is 10.6. The van der Waals surface area contributed by atoms with Gasteiger partial charge in [0.15, 0.2) is 11.5 Å². The quantitative estimate of drug-likeness (QED) is 0.642. The molecule has 3 heterocycles. The fourth-order valence-electron chi connectivity index (χ4n) is 5.61. The van der Waals surface area contributed by atoms with Crippen molar-refractivity contribution in [2.45, 2.75) is 55.8 Å². The fraction of sp³-hybridized carbons (Fsp3) is 0.400. The second-order valence-corrected chi connectivity index (χ2v) is 9.15. The Labute approximate surface area is 185 Å². The second kappa shape index (κ2) is 7.32. The average Bonchev–Trinajstić information content (AvgIpc) is 3.52. The van der Waals surface area contributed by atoms with Gasteiger partial charge in [-0.15, -0.1) is 0 Å². The van der Waals surface area contributed by atoms with Gasteiger partial charge in [0.25, 0.3) is 0 Å². The van der Waals surface area contributed by atoms with Gasteiger partial charge in [-0.05, 0) is 55.4 Å². The van der Waals surface area contributed by atoms with E-state index in [0.29, 0.717) is 24.3 Å². The number of aliphatic hydroxyl groups is 2. The summed E-state index contributed by atoms with van der Waals surface area (Å²) in [7, 11) is 0. The lowest BCUT2D eigenvalue weighted by atomic mass is 9.72. The van der Waals surface area contributed by atoms with Crippen molar-refractivity contribution in [3.63, 3.8) is 0 Å². The van der Waals surface area contributed by atoms with Gasteiger partial charge in [-0.2, -0.15) is 0 Å². The molecular weight excluding hydrogens is 411 g/mol. The predicted octanol–water partition coefficient (Wildman–Crippen LogP) is 4.16. The molecule has 0 radical (unpaired) electrons. The zero-order valence-corrected chi connectivity index (χ0v) is 17.6. The van der Waals surface area contributed by atoms with Gasteiger partial charge < -0.3 is 24.3 Å². The minimum atomic E-state index is -1.19. The Balaban J connectivity index is 1.18. The zero-order chi connectivity index (χ0) is 21.9. The Kier molecular flexibility index (Phi) is 4.52. The number of aromatic nitrogens is 2. The molecule has 6 nitrogen and oxygen atoms in total. The highest BCUT2D eigenvalue weighted by Crippen LogP contribution is 2.47. The van der Waals surface area contributed by atoms with E-state index in [4.69, 9.17) is 9.47 Å². The van der Waals surface area contributed by atoms with Gasteiger partial charge >= 0.3 is 0 Å². The van der Waals surface area contributed by atoms with Gasteiger partial charge in [0, 0.05) is 17.5 Å². The van der Waals surface area contributed by atoms with Crippen LogP contribution in [0.2, 0.25) is 0 Å². The number of hydrogen-bond donors (Lipinski definition) is 2. The van der Waals surface area contributed by atoms with E-state index >= 15 is 0 Å². The lowest BCUT2D eigenvalue weighted by Gasteiger charge is -2.40. The van der Waals surface area contributed by atoms with Gasteiger partial charge in [-0.25, -0.2) is 9.37 Å². The topological polar surface area (TPSA) is 76.7 Å². The van der Waals surface area contributed by atoms with E-state index in [1.165, 1.54) is 11.6 Å². The summed E-state index contributed by atoms with van der Waals surface area (Å²) in [5.41, 5.74) is 2.19. The van der Waals surface area contributed by atoms with Crippen LogP contribution in [0.3, 0.4) is 0 Å². The number of nitrogens with zero attached hydrogens (tertiary/aromatic N) is 2. The van der Waals surface area contributed by atoms with Gasteiger partial charge in [-0.1, -0.05) is 18.2 Å². The van der Waals surface area contributed by atoms with E-state index in [-0.39, 0.29) is 25.1 Å². The minimum absolute atomic E-state index is 0.239. The first kappa shape index (κ1) is 19.8. The molecule has 32 heavy (non-hydrogen) atoms. The molecule has 6 rings (SSSR count). The number of hydrogen-bond acceptors (Lipinski definition) is 5. The Morgan fingerprint density at radius 3 is 2.81 bits per heavy atom. The zero-order valence-electron chi connectivity index (χ0n) is 17.6. The highest BCUT2D eigenvalue weighted by atomic mass is 19.1. The van der Waals surface area contributed by atoms with E-state index in [1.807, 2.05) is 22.8 Å². The second-order valence-electron chi connectivity index (χ2n) is 9.15. The molecule has 0 saturated heterocycles. The molecule has 2 atom stereocenters. The van der Waals surface area contributed by atoms with Crippen molar-refractivity contribution in [3.8, 4) is 22.8 Å². The van der Waals surface area contributed by atoms with Crippen LogP contribution >= 0.6 is 0 Å². The molecule has 1 saturated carbocycles. The molecule has 0 bridgehead atoms. The highest BCUT2D eigenvalue weighted by molar-refractivity contribution is 5.69. The van der Waals surface area contributed by atoms with E-state index in [1.54, 1.807) is 18.6 Å². The summed E-state index contributed by atoms with van der Waals surface area (Å²) in [4.78, 5) is 4.21. The molecule has 0 amide bonds. The van der Waals surface area contributed by atoms with Crippen LogP contribution in [-0.2, 0) is 0 Å². The third kappa shape index (κ3) is 3.03. The maximum Gasteiger partial charge on any atom is 0.231 e. The Bertz CT molecular complexity index is 1170. The van der Waals surface area contributed by atoms with Gasteiger partial charge in [0.1, 0.15) is 5.82 Å². The van der Waals surface area contributed by atoms with E-state index in [0.717, 1.165) is 35.6 Å². The van der Waals surface area contributed by atoms with Gasteiger partial charge in [-0.3, -0.25) is 0 Å². The molecular formula is C25H25FN2O4. The van der Waals surface area contributed by atoms with Crippen LogP contribution in [0.25, 0.3) is 11.3 Å². The largest absolute Gasteiger partial charge is 0.454 e. The summed E-state index contributed by atoms with van der Waals surface area (Å²) in [5.74, 6) is 1.53. The van der Waals surface area contributed by atoms with Crippen molar-refractivity contribution in [2.75, 3.05) is 6.79 Å². The SMILES string of the molecule is OC(CC1c2c(F)cccc2-c2cncn21)C1(O)CCC(c2ccc3c(c2)OCO3)CC1. The molecule has 2 aromatic carbocycles. The van der Waals surface area contributed by atoms with Crippen molar-refractivity contribution in [1.82, 2.24) is 9.55 Å². The van der Waals surface area contributed by atoms with E-state index < -0.39 is 11.7 Å². The molecule has 0 spiro atoms. The first-order valence-corrected chi connectivity index (χ1v) is 11.1. The van der Waals surface area contributed by atoms with Crippen LogP contribution in [0.4, 0.5) is 4.39 Å². The maximum absolute atomic E-state index is 14.7. The predicted molar refractivity (Wildman–Crippen MR) is 115 cm³/mol. The molecule has 3 aliphatic rings. The third-order valence-electron chi connectivity index (χ3n) is 7.45. The molecule has 2 aliphatic heterocycles. The van der Waals surface area contributed by atoms with Crippen LogP contribution in [-0.4, -0.2) is 38.3 Å². The van der Waals surface area contributed by atoms with Crippen molar-refractivity contribution in [3.05, 3.63) is 65.9 Å². The van der Waals surface area contributed by atoms with Gasteiger partial charge in [0.2, 0.25) is 6.79 Å². The van der Waals surface area contributed by atoms with Crippen LogP contribution in [0.1, 0.15) is 55.2 Å². The number of benzene rings is 2. The number of fused-ring (bicyclic) bond motifs is 4. The minimum Gasteiger partial charge on any atom is -0.454 e. The molecule has 1 aromatic heterocycles. The molecule has 2 unspecified atom stereocenters. The summed E-state index contributed by atoms with van der Waals surface area (Å²) in [6.07, 6.45) is 5.16. The lowest BCUT2D eigenvalue weighted by Crippen LogP contribution is -2.46. The standard InChI is InChI=1S/C25H25FN2O4/c26-18-3-1-2-17-20-12-27-13-28(20)19(24(17)18)11-23(29)25(30)8-6-15(7-9-25)16-4-5-21-22(10-16)32-14-31-21/h1-5,10,12-13,15,19,23,29-30H,6-9,11,14H2.